The molecule has 1 saturated heterocycles. The number of anilines is 2. The fourth-order valence-corrected chi connectivity index (χ4v) is 3.06. The number of rotatable bonds is 7. The van der Waals surface area contributed by atoms with Gasteiger partial charge >= 0.3 is 6.03 Å². The lowest BCUT2D eigenvalue weighted by Crippen LogP contribution is -2.34. The first-order chi connectivity index (χ1) is 13.0. The Kier molecular flexibility index (Phi) is 6.23. The molecule has 7 nitrogen and oxygen atoms in total. The Labute approximate surface area is 156 Å². The molecule has 1 aliphatic rings. The van der Waals surface area contributed by atoms with E-state index in [2.05, 4.69) is 15.7 Å². The largest absolute Gasteiger partial charge is 0.383 e. The van der Waals surface area contributed by atoms with E-state index in [1.54, 1.807) is 30.3 Å². The van der Waals surface area contributed by atoms with E-state index in [1.165, 1.54) is 6.07 Å². The van der Waals surface area contributed by atoms with E-state index in [1.807, 2.05) is 4.90 Å². The topological polar surface area (TPSA) is 71.4 Å². The molecule has 1 atom stereocenters. The van der Waals surface area contributed by atoms with Crippen LogP contribution >= 0.6 is 0 Å². The van der Waals surface area contributed by atoms with E-state index < -0.39 is 11.6 Å². The van der Waals surface area contributed by atoms with E-state index in [4.69, 9.17) is 4.74 Å². The minimum Gasteiger partial charge on any atom is -0.383 e. The standard InChI is InChI=1S/C18H23F2N5O2/c1-27-7-6-25-12-14(10-22-25)23-18(26)21-9-13-4-5-24(11-13)15-2-3-16(19)17(20)8-15/h2-3,8,10,12-13H,4-7,9,11H2,1H3,(H2,21,23,26). The zero-order chi connectivity index (χ0) is 19.2. The summed E-state index contributed by atoms with van der Waals surface area (Å²) < 4.78 is 33.1. The molecular formula is C18H23F2N5O2. The summed E-state index contributed by atoms with van der Waals surface area (Å²) in [6.07, 6.45) is 4.18. The van der Waals surface area contributed by atoms with Gasteiger partial charge in [0.1, 0.15) is 0 Å². The van der Waals surface area contributed by atoms with E-state index in [9.17, 15) is 13.6 Å². The molecule has 2 aromatic rings. The van der Waals surface area contributed by atoms with Gasteiger partial charge in [-0.15, -0.1) is 0 Å². The van der Waals surface area contributed by atoms with Crippen molar-refractivity contribution in [3.05, 3.63) is 42.2 Å². The van der Waals surface area contributed by atoms with Gasteiger partial charge in [-0.05, 0) is 24.5 Å². The van der Waals surface area contributed by atoms with Gasteiger partial charge < -0.3 is 20.3 Å². The van der Waals surface area contributed by atoms with Gasteiger partial charge in [-0.25, -0.2) is 13.6 Å². The lowest BCUT2D eigenvalue weighted by atomic mass is 10.1. The van der Waals surface area contributed by atoms with Gasteiger partial charge in [-0.1, -0.05) is 0 Å². The SMILES string of the molecule is COCCn1cc(NC(=O)NCC2CCN(c3ccc(F)c(F)c3)C2)cn1. The number of nitrogens with one attached hydrogen (secondary N) is 2. The zero-order valence-corrected chi connectivity index (χ0v) is 15.1. The molecule has 2 N–H and O–H groups in total. The number of nitrogens with zero attached hydrogens (tertiary/aromatic N) is 3. The smallest absolute Gasteiger partial charge is 0.319 e. The molecule has 0 saturated carbocycles. The van der Waals surface area contributed by atoms with E-state index >= 15 is 0 Å². The third-order valence-corrected chi connectivity index (χ3v) is 4.52. The number of carbonyl (C=O) groups is 1. The third kappa shape index (κ3) is 5.16. The molecule has 1 aliphatic heterocycles. The van der Waals surface area contributed by atoms with Crippen molar-refractivity contribution in [2.24, 2.45) is 5.92 Å². The Balaban J connectivity index is 1.43. The lowest BCUT2D eigenvalue weighted by molar-refractivity contribution is 0.183. The van der Waals surface area contributed by atoms with Crippen molar-refractivity contribution in [2.75, 3.05) is 43.6 Å². The van der Waals surface area contributed by atoms with Crippen LogP contribution < -0.4 is 15.5 Å². The van der Waals surface area contributed by atoms with Crippen molar-refractivity contribution in [3.63, 3.8) is 0 Å². The Morgan fingerprint density at radius 2 is 2.22 bits per heavy atom. The van der Waals surface area contributed by atoms with Gasteiger partial charge in [0.2, 0.25) is 0 Å². The highest BCUT2D eigenvalue weighted by Crippen LogP contribution is 2.25. The van der Waals surface area contributed by atoms with Crippen LogP contribution in [0.5, 0.6) is 0 Å². The van der Waals surface area contributed by atoms with Gasteiger partial charge in [0.25, 0.3) is 0 Å². The van der Waals surface area contributed by atoms with Crippen molar-refractivity contribution in [1.29, 1.82) is 0 Å². The maximum absolute atomic E-state index is 13.4. The second kappa shape index (κ2) is 8.81. The molecule has 0 spiro atoms. The van der Waals surface area contributed by atoms with Crippen LogP contribution in [0.2, 0.25) is 0 Å². The van der Waals surface area contributed by atoms with Crippen molar-refractivity contribution in [2.45, 2.75) is 13.0 Å². The lowest BCUT2D eigenvalue weighted by Gasteiger charge is -2.19. The fraction of sp³-hybridized carbons (Fsp3) is 0.444. The normalized spacial score (nSPS) is 16.6. The molecule has 1 aromatic heterocycles. The highest BCUT2D eigenvalue weighted by atomic mass is 19.2. The Bertz CT molecular complexity index is 783. The molecule has 2 amide bonds. The number of ether oxygens (including phenoxy) is 1. The fourth-order valence-electron chi connectivity index (χ4n) is 3.06. The van der Waals surface area contributed by atoms with Crippen molar-refractivity contribution >= 4 is 17.4 Å². The average Bonchev–Trinajstić information content (AvgIpc) is 3.30. The van der Waals surface area contributed by atoms with Crippen LogP contribution in [0.25, 0.3) is 0 Å². The van der Waals surface area contributed by atoms with Crippen molar-refractivity contribution in [1.82, 2.24) is 15.1 Å². The molecule has 0 bridgehead atoms. The first-order valence-corrected chi connectivity index (χ1v) is 8.81. The molecule has 1 fully saturated rings. The Hall–Kier alpha value is -2.68. The average molecular weight is 379 g/mol. The predicted molar refractivity (Wildman–Crippen MR) is 97.8 cm³/mol. The van der Waals surface area contributed by atoms with E-state index in [0.717, 1.165) is 19.0 Å². The number of aromatic nitrogens is 2. The first kappa shape index (κ1) is 19.1. The predicted octanol–water partition coefficient (Wildman–Crippen LogP) is 2.46. The Morgan fingerprint density at radius 1 is 1.37 bits per heavy atom. The van der Waals surface area contributed by atoms with Crippen LogP contribution in [0, 0.1) is 17.6 Å². The summed E-state index contributed by atoms with van der Waals surface area (Å²) in [6.45, 7) is 3.08. The number of urea groups is 1. The summed E-state index contributed by atoms with van der Waals surface area (Å²) in [5.41, 5.74) is 1.27. The third-order valence-electron chi connectivity index (χ3n) is 4.52. The van der Waals surface area contributed by atoms with E-state index in [-0.39, 0.29) is 11.9 Å². The zero-order valence-electron chi connectivity index (χ0n) is 15.1. The van der Waals surface area contributed by atoms with Gasteiger partial charge in [0.15, 0.2) is 11.6 Å². The monoisotopic (exact) mass is 379 g/mol. The molecule has 9 heteroatoms. The van der Waals surface area contributed by atoms with Crippen LogP contribution in [0.3, 0.4) is 0 Å². The maximum atomic E-state index is 13.4. The van der Waals surface area contributed by atoms with Gasteiger partial charge in [0, 0.05) is 44.7 Å². The molecule has 0 aliphatic carbocycles. The van der Waals surface area contributed by atoms with Gasteiger partial charge in [0.05, 0.1) is 25.0 Å². The summed E-state index contributed by atoms with van der Waals surface area (Å²) in [5.74, 6) is -1.45. The number of halogens is 2. The number of methoxy groups -OCH3 is 1. The number of carbonyl (C=O) groups excluding carboxylic acids is 1. The van der Waals surface area contributed by atoms with Crippen LogP contribution in [-0.2, 0) is 11.3 Å². The summed E-state index contributed by atoms with van der Waals surface area (Å²) in [7, 11) is 1.62. The van der Waals surface area contributed by atoms with Crippen molar-refractivity contribution < 1.29 is 18.3 Å². The van der Waals surface area contributed by atoms with Crippen molar-refractivity contribution in [3.8, 4) is 0 Å². The Morgan fingerprint density at radius 3 is 3.00 bits per heavy atom. The number of hydrogen-bond acceptors (Lipinski definition) is 4. The molecule has 1 unspecified atom stereocenters. The van der Waals surface area contributed by atoms with Gasteiger partial charge in [-0.2, -0.15) is 5.10 Å². The summed E-state index contributed by atoms with van der Waals surface area (Å²) >= 11 is 0. The van der Waals surface area contributed by atoms with Gasteiger partial charge in [-0.3, -0.25) is 4.68 Å². The van der Waals surface area contributed by atoms with Crippen LogP contribution in [0.1, 0.15) is 6.42 Å². The highest BCUT2D eigenvalue weighted by Gasteiger charge is 2.23. The highest BCUT2D eigenvalue weighted by molar-refractivity contribution is 5.88. The van der Waals surface area contributed by atoms with Crippen LogP contribution in [-0.4, -0.2) is 49.2 Å². The first-order valence-electron chi connectivity index (χ1n) is 8.81. The van der Waals surface area contributed by atoms with Crippen LogP contribution in [0.4, 0.5) is 25.0 Å². The molecular weight excluding hydrogens is 356 g/mol. The second-order valence-electron chi connectivity index (χ2n) is 6.52. The number of hydrogen-bond donors (Lipinski definition) is 2. The van der Waals surface area contributed by atoms with E-state index in [0.29, 0.717) is 37.6 Å². The summed E-state index contributed by atoms with van der Waals surface area (Å²) in [4.78, 5) is 14.0. The van der Waals surface area contributed by atoms with Crippen LogP contribution in [0.15, 0.2) is 30.6 Å². The minimum atomic E-state index is -0.849. The second-order valence-corrected chi connectivity index (χ2v) is 6.52. The molecule has 2 heterocycles. The summed E-state index contributed by atoms with van der Waals surface area (Å²) in [5, 5.41) is 9.72. The molecule has 0 radical (unpaired) electrons. The molecule has 146 valence electrons. The summed E-state index contributed by atoms with van der Waals surface area (Å²) in [6, 6.07) is 3.62. The molecule has 1 aromatic carbocycles. The number of amides is 2. The molecule has 3 rings (SSSR count). The maximum Gasteiger partial charge on any atom is 0.319 e. The number of benzene rings is 1. The minimum absolute atomic E-state index is 0.244. The molecule has 27 heavy (non-hydrogen) atoms. The quantitative estimate of drug-likeness (QED) is 0.775.